The van der Waals surface area contributed by atoms with Crippen molar-refractivity contribution in [1.29, 1.82) is 0 Å². The number of carbonyl (C=O) groups excluding carboxylic acids is 2. The topological polar surface area (TPSA) is 71.8 Å². The number of amides is 2. The zero-order valence-corrected chi connectivity index (χ0v) is 15.0. The summed E-state index contributed by atoms with van der Waals surface area (Å²) in [5.74, 6) is 0.309. The number of rotatable bonds is 5. The molecule has 1 aliphatic rings. The van der Waals surface area contributed by atoms with Crippen LogP contribution in [0.15, 0.2) is 29.2 Å². The molecule has 1 aromatic heterocycles. The Balaban J connectivity index is 1.81. The van der Waals surface area contributed by atoms with Gasteiger partial charge in [0, 0.05) is 51.4 Å². The Morgan fingerprint density at radius 3 is 2.56 bits per heavy atom. The van der Waals surface area contributed by atoms with E-state index in [1.807, 2.05) is 13.8 Å². The first-order valence-electron chi connectivity index (χ1n) is 8.82. The maximum atomic E-state index is 12.4. The average Bonchev–Trinajstić information content (AvgIpc) is 2.85. The van der Waals surface area contributed by atoms with E-state index in [4.69, 9.17) is 4.74 Å². The molecule has 0 radical (unpaired) electrons. The summed E-state index contributed by atoms with van der Waals surface area (Å²) in [5, 5.41) is 0. The molecule has 0 bridgehead atoms. The maximum absolute atomic E-state index is 12.4. The summed E-state index contributed by atoms with van der Waals surface area (Å²) in [5.41, 5.74) is -0.106. The molecule has 2 rings (SSSR count). The van der Waals surface area contributed by atoms with Gasteiger partial charge in [-0.2, -0.15) is 0 Å². The lowest BCUT2D eigenvalue weighted by Gasteiger charge is -2.22. The Bertz CT molecular complexity index is 641. The van der Waals surface area contributed by atoms with E-state index in [1.165, 1.54) is 10.6 Å². The normalized spacial score (nSPS) is 15.2. The van der Waals surface area contributed by atoms with Gasteiger partial charge in [-0.25, -0.2) is 4.79 Å². The largest absolute Gasteiger partial charge is 0.449 e. The summed E-state index contributed by atoms with van der Waals surface area (Å²) in [6.07, 6.45) is 2.39. The van der Waals surface area contributed by atoms with Crippen LogP contribution in [-0.4, -0.2) is 59.2 Å². The highest BCUT2D eigenvalue weighted by Gasteiger charge is 2.22. The lowest BCUT2D eigenvalue weighted by Crippen LogP contribution is -2.38. The molecule has 2 amide bonds. The summed E-state index contributed by atoms with van der Waals surface area (Å²) in [7, 11) is 0. The van der Waals surface area contributed by atoms with Crippen LogP contribution in [0.5, 0.6) is 0 Å². The van der Waals surface area contributed by atoms with Crippen LogP contribution in [0.25, 0.3) is 0 Å². The molecule has 25 heavy (non-hydrogen) atoms. The fourth-order valence-electron chi connectivity index (χ4n) is 2.70. The first-order chi connectivity index (χ1) is 12.0. The molecule has 0 saturated carbocycles. The summed E-state index contributed by atoms with van der Waals surface area (Å²) in [4.78, 5) is 39.5. The van der Waals surface area contributed by atoms with Gasteiger partial charge in [-0.1, -0.05) is 19.9 Å². The zero-order valence-electron chi connectivity index (χ0n) is 15.0. The number of hydrogen-bond donors (Lipinski definition) is 0. The standard InChI is InChI=1S/C18H27N3O4/c1-15(2)14-25-18(24)21-10-5-9-20(12-13-21)17(23)7-11-19-8-4-3-6-16(19)22/h3-4,6,8,15H,5,7,9-14H2,1-2H3. The van der Waals surface area contributed by atoms with Gasteiger partial charge in [0.1, 0.15) is 0 Å². The van der Waals surface area contributed by atoms with Gasteiger partial charge in [0.2, 0.25) is 5.91 Å². The molecule has 138 valence electrons. The minimum Gasteiger partial charge on any atom is -0.449 e. The Labute approximate surface area is 148 Å². The van der Waals surface area contributed by atoms with Crippen molar-refractivity contribution in [3.8, 4) is 0 Å². The van der Waals surface area contributed by atoms with Crippen LogP contribution in [0.4, 0.5) is 4.79 Å². The number of nitrogens with zero attached hydrogens (tertiary/aromatic N) is 3. The predicted octanol–water partition coefficient (Wildman–Crippen LogP) is 1.57. The van der Waals surface area contributed by atoms with Gasteiger partial charge in [-0.05, 0) is 18.4 Å². The highest BCUT2D eigenvalue weighted by molar-refractivity contribution is 5.76. The molecule has 0 atom stereocenters. The van der Waals surface area contributed by atoms with E-state index < -0.39 is 0 Å². The van der Waals surface area contributed by atoms with Gasteiger partial charge in [0.25, 0.3) is 5.56 Å². The predicted molar refractivity (Wildman–Crippen MR) is 94.3 cm³/mol. The van der Waals surface area contributed by atoms with Crippen molar-refractivity contribution in [3.63, 3.8) is 0 Å². The number of ether oxygens (including phenoxy) is 1. The second kappa shape index (κ2) is 9.25. The van der Waals surface area contributed by atoms with Crippen molar-refractivity contribution in [2.24, 2.45) is 5.92 Å². The highest BCUT2D eigenvalue weighted by atomic mass is 16.6. The molecular weight excluding hydrogens is 322 g/mol. The van der Waals surface area contributed by atoms with Gasteiger partial charge >= 0.3 is 6.09 Å². The van der Waals surface area contributed by atoms with Gasteiger partial charge < -0.3 is 19.1 Å². The smallest absolute Gasteiger partial charge is 0.409 e. The summed E-state index contributed by atoms with van der Waals surface area (Å²) >= 11 is 0. The van der Waals surface area contributed by atoms with Crippen LogP contribution in [0.2, 0.25) is 0 Å². The lowest BCUT2D eigenvalue weighted by molar-refractivity contribution is -0.131. The number of carbonyl (C=O) groups is 2. The summed E-state index contributed by atoms with van der Waals surface area (Å²) in [6, 6.07) is 4.94. The molecule has 0 spiro atoms. The van der Waals surface area contributed by atoms with Crippen molar-refractivity contribution in [2.75, 3.05) is 32.8 Å². The van der Waals surface area contributed by atoms with Gasteiger partial charge in [-0.3, -0.25) is 9.59 Å². The first kappa shape index (κ1) is 19.0. The zero-order chi connectivity index (χ0) is 18.2. The van der Waals surface area contributed by atoms with Crippen LogP contribution in [-0.2, 0) is 16.1 Å². The average molecular weight is 349 g/mol. The third kappa shape index (κ3) is 5.92. The number of hydrogen-bond acceptors (Lipinski definition) is 4. The van der Waals surface area contributed by atoms with Crippen molar-refractivity contribution in [3.05, 3.63) is 34.7 Å². The fraction of sp³-hybridized carbons (Fsp3) is 0.611. The molecule has 0 N–H and O–H groups in total. The van der Waals surface area contributed by atoms with Gasteiger partial charge in [0.05, 0.1) is 6.61 Å². The Morgan fingerprint density at radius 1 is 1.12 bits per heavy atom. The molecule has 0 unspecified atom stereocenters. The number of pyridine rings is 1. The van der Waals surface area contributed by atoms with E-state index in [1.54, 1.807) is 28.1 Å². The minimum absolute atomic E-state index is 0.00755. The SMILES string of the molecule is CC(C)COC(=O)N1CCCN(C(=O)CCn2ccccc2=O)CC1. The first-order valence-corrected chi connectivity index (χ1v) is 8.82. The third-order valence-electron chi connectivity index (χ3n) is 4.11. The van der Waals surface area contributed by atoms with Crippen LogP contribution >= 0.6 is 0 Å². The molecule has 1 aliphatic heterocycles. The summed E-state index contributed by atoms with van der Waals surface area (Å²) < 4.78 is 6.79. The molecule has 0 aliphatic carbocycles. The number of aromatic nitrogens is 1. The van der Waals surface area contributed by atoms with Crippen LogP contribution < -0.4 is 5.56 Å². The molecule has 0 aromatic carbocycles. The second-order valence-electron chi connectivity index (χ2n) is 6.67. The molecule has 2 heterocycles. The van der Waals surface area contributed by atoms with E-state index in [0.717, 1.165) is 6.42 Å². The van der Waals surface area contributed by atoms with Crippen molar-refractivity contribution in [2.45, 2.75) is 33.2 Å². The van der Waals surface area contributed by atoms with Gasteiger partial charge in [0.15, 0.2) is 0 Å². The van der Waals surface area contributed by atoms with Crippen molar-refractivity contribution >= 4 is 12.0 Å². The quantitative estimate of drug-likeness (QED) is 0.809. The molecule has 1 fully saturated rings. The second-order valence-corrected chi connectivity index (χ2v) is 6.67. The summed E-state index contributed by atoms with van der Waals surface area (Å²) in [6.45, 7) is 6.96. The molecule has 7 heteroatoms. The Hall–Kier alpha value is -2.31. The molecular formula is C18H27N3O4. The Kier molecular flexibility index (Phi) is 7.03. The molecule has 1 saturated heterocycles. The highest BCUT2D eigenvalue weighted by Crippen LogP contribution is 2.08. The van der Waals surface area contributed by atoms with Crippen LogP contribution in [0.3, 0.4) is 0 Å². The van der Waals surface area contributed by atoms with E-state index >= 15 is 0 Å². The van der Waals surface area contributed by atoms with Crippen LogP contribution in [0.1, 0.15) is 26.7 Å². The third-order valence-corrected chi connectivity index (χ3v) is 4.11. The fourth-order valence-corrected chi connectivity index (χ4v) is 2.70. The van der Waals surface area contributed by atoms with Crippen LogP contribution in [0, 0.1) is 5.92 Å². The van der Waals surface area contributed by atoms with Crippen molar-refractivity contribution in [1.82, 2.24) is 14.4 Å². The lowest BCUT2D eigenvalue weighted by atomic mass is 10.2. The van der Waals surface area contributed by atoms with E-state index in [-0.39, 0.29) is 24.0 Å². The van der Waals surface area contributed by atoms with E-state index in [0.29, 0.717) is 45.2 Å². The Morgan fingerprint density at radius 2 is 1.84 bits per heavy atom. The van der Waals surface area contributed by atoms with E-state index in [9.17, 15) is 14.4 Å². The maximum Gasteiger partial charge on any atom is 0.409 e. The molecule has 1 aromatic rings. The molecule has 7 nitrogen and oxygen atoms in total. The monoisotopic (exact) mass is 349 g/mol. The number of aryl methyl sites for hydroxylation is 1. The minimum atomic E-state index is -0.307. The van der Waals surface area contributed by atoms with Crippen molar-refractivity contribution < 1.29 is 14.3 Å². The van der Waals surface area contributed by atoms with E-state index in [2.05, 4.69) is 0 Å². The van der Waals surface area contributed by atoms with Gasteiger partial charge in [-0.15, -0.1) is 0 Å².